The van der Waals surface area contributed by atoms with Crippen molar-refractivity contribution < 1.29 is 9.90 Å². The summed E-state index contributed by atoms with van der Waals surface area (Å²) in [6, 6.07) is 3.43. The molecule has 7 nitrogen and oxygen atoms in total. The summed E-state index contributed by atoms with van der Waals surface area (Å²) in [5, 5.41) is 19.7. The number of hydrogen-bond donors (Lipinski definition) is 1. The van der Waals surface area contributed by atoms with E-state index in [9.17, 15) is 4.79 Å². The molecule has 2 aromatic heterocycles. The van der Waals surface area contributed by atoms with Crippen LogP contribution in [-0.2, 0) is 4.79 Å². The van der Waals surface area contributed by atoms with Gasteiger partial charge in [-0.3, -0.25) is 4.79 Å². The van der Waals surface area contributed by atoms with E-state index in [0.717, 1.165) is 0 Å². The van der Waals surface area contributed by atoms with Gasteiger partial charge in [-0.1, -0.05) is 6.07 Å². The van der Waals surface area contributed by atoms with E-state index in [2.05, 4.69) is 20.5 Å². The molecular formula is C10H11N5O2. The van der Waals surface area contributed by atoms with Crippen LogP contribution in [0.1, 0.15) is 24.1 Å². The molecule has 1 N–H and O–H groups in total. The number of nitrogens with zero attached hydrogens (tertiary/aromatic N) is 5. The van der Waals surface area contributed by atoms with Crippen LogP contribution < -0.4 is 0 Å². The highest BCUT2D eigenvalue weighted by molar-refractivity contribution is 5.75. The lowest BCUT2D eigenvalue weighted by molar-refractivity contribution is -0.138. The summed E-state index contributed by atoms with van der Waals surface area (Å²) in [6.45, 7) is 3.39. The number of rotatable bonds is 3. The van der Waals surface area contributed by atoms with Crippen LogP contribution in [-0.4, -0.2) is 36.3 Å². The second-order valence-electron chi connectivity index (χ2n) is 3.66. The molecule has 0 aliphatic heterocycles. The van der Waals surface area contributed by atoms with E-state index >= 15 is 0 Å². The molecule has 0 fully saturated rings. The molecule has 0 aromatic carbocycles. The van der Waals surface area contributed by atoms with E-state index in [4.69, 9.17) is 5.11 Å². The van der Waals surface area contributed by atoms with Gasteiger partial charge in [-0.05, 0) is 35.9 Å². The summed E-state index contributed by atoms with van der Waals surface area (Å²) in [6.07, 6.45) is 1.43. The zero-order valence-corrected chi connectivity index (χ0v) is 9.40. The van der Waals surface area contributed by atoms with Crippen molar-refractivity contribution in [2.24, 2.45) is 0 Å². The van der Waals surface area contributed by atoms with E-state index in [-0.39, 0.29) is 0 Å². The third-order valence-electron chi connectivity index (χ3n) is 2.53. The number of carboxylic acid groups (broad SMARTS) is 1. The van der Waals surface area contributed by atoms with Gasteiger partial charge in [-0.15, -0.1) is 5.10 Å². The average molecular weight is 233 g/mol. The predicted octanol–water partition coefficient (Wildman–Crippen LogP) is 0.554. The third-order valence-corrected chi connectivity index (χ3v) is 2.53. The molecule has 0 radical (unpaired) electrons. The molecule has 0 aliphatic carbocycles. The standard InChI is InChI=1S/C10H11N5O2/c1-6(10(16)17)8-3-4-9(12-7(8)2)15-5-11-13-14-15/h3-6H,1-2H3,(H,16,17)/t6-/m0/s1. The Labute approximate surface area is 97.1 Å². The average Bonchev–Trinajstić information content (AvgIpc) is 2.81. The van der Waals surface area contributed by atoms with Gasteiger partial charge in [-0.2, -0.15) is 4.68 Å². The van der Waals surface area contributed by atoms with E-state index in [1.165, 1.54) is 11.0 Å². The Kier molecular flexibility index (Phi) is 2.82. The van der Waals surface area contributed by atoms with Crippen molar-refractivity contribution in [3.8, 4) is 5.82 Å². The summed E-state index contributed by atoms with van der Waals surface area (Å²) in [5.41, 5.74) is 1.35. The fraction of sp³-hybridized carbons (Fsp3) is 0.300. The minimum Gasteiger partial charge on any atom is -0.481 e. The first-order valence-corrected chi connectivity index (χ1v) is 5.03. The normalized spacial score (nSPS) is 12.4. The quantitative estimate of drug-likeness (QED) is 0.832. The Balaban J connectivity index is 2.39. The second-order valence-corrected chi connectivity index (χ2v) is 3.66. The monoisotopic (exact) mass is 233 g/mol. The first-order valence-electron chi connectivity index (χ1n) is 5.03. The van der Waals surface area contributed by atoms with Gasteiger partial charge in [0.15, 0.2) is 5.82 Å². The lowest BCUT2D eigenvalue weighted by Gasteiger charge is -2.10. The van der Waals surface area contributed by atoms with Crippen LogP contribution in [0.25, 0.3) is 5.82 Å². The van der Waals surface area contributed by atoms with Crippen molar-refractivity contribution in [1.29, 1.82) is 0 Å². The molecule has 0 aliphatic rings. The van der Waals surface area contributed by atoms with Gasteiger partial charge in [0.25, 0.3) is 0 Å². The van der Waals surface area contributed by atoms with Crippen molar-refractivity contribution in [1.82, 2.24) is 25.2 Å². The molecule has 88 valence electrons. The fourth-order valence-corrected chi connectivity index (χ4v) is 1.54. The highest BCUT2D eigenvalue weighted by Gasteiger charge is 2.17. The third kappa shape index (κ3) is 2.12. The lowest BCUT2D eigenvalue weighted by atomic mass is 10.0. The van der Waals surface area contributed by atoms with E-state index < -0.39 is 11.9 Å². The molecule has 0 saturated heterocycles. The number of aryl methyl sites for hydroxylation is 1. The molecule has 0 amide bonds. The number of aliphatic carboxylic acids is 1. The van der Waals surface area contributed by atoms with Crippen LogP contribution in [0.5, 0.6) is 0 Å². The van der Waals surface area contributed by atoms with E-state index in [0.29, 0.717) is 17.1 Å². The van der Waals surface area contributed by atoms with Crippen molar-refractivity contribution in [3.05, 3.63) is 29.7 Å². The first-order chi connectivity index (χ1) is 8.09. The smallest absolute Gasteiger partial charge is 0.310 e. The van der Waals surface area contributed by atoms with Gasteiger partial charge in [0.1, 0.15) is 6.33 Å². The number of pyridine rings is 1. The lowest BCUT2D eigenvalue weighted by Crippen LogP contribution is -2.11. The van der Waals surface area contributed by atoms with E-state index in [1.54, 1.807) is 26.0 Å². The van der Waals surface area contributed by atoms with Gasteiger partial charge < -0.3 is 5.11 Å². The van der Waals surface area contributed by atoms with Crippen LogP contribution in [0, 0.1) is 6.92 Å². The van der Waals surface area contributed by atoms with Crippen LogP contribution in [0.3, 0.4) is 0 Å². The molecule has 0 saturated carbocycles. The van der Waals surface area contributed by atoms with Gasteiger partial charge in [0.05, 0.1) is 5.92 Å². The van der Waals surface area contributed by atoms with Crippen molar-refractivity contribution in [2.75, 3.05) is 0 Å². The number of tetrazole rings is 1. The zero-order chi connectivity index (χ0) is 12.4. The predicted molar refractivity (Wildman–Crippen MR) is 57.7 cm³/mol. The Hall–Kier alpha value is -2.31. The summed E-state index contributed by atoms with van der Waals surface area (Å²) in [5.74, 6) is -0.885. The van der Waals surface area contributed by atoms with E-state index in [1.807, 2.05) is 0 Å². The highest BCUT2D eigenvalue weighted by Crippen LogP contribution is 2.19. The Morgan fingerprint density at radius 1 is 1.47 bits per heavy atom. The molecular weight excluding hydrogens is 222 g/mol. The number of hydrogen-bond acceptors (Lipinski definition) is 5. The maximum Gasteiger partial charge on any atom is 0.310 e. The Bertz CT molecular complexity index is 538. The van der Waals surface area contributed by atoms with Crippen molar-refractivity contribution in [2.45, 2.75) is 19.8 Å². The van der Waals surface area contributed by atoms with Gasteiger partial charge in [0.2, 0.25) is 0 Å². The number of carboxylic acids is 1. The van der Waals surface area contributed by atoms with Crippen LogP contribution >= 0.6 is 0 Å². The maximum absolute atomic E-state index is 10.9. The van der Waals surface area contributed by atoms with Crippen LogP contribution in [0.15, 0.2) is 18.5 Å². The maximum atomic E-state index is 10.9. The second kappa shape index (κ2) is 4.28. The molecule has 7 heteroatoms. The summed E-state index contributed by atoms with van der Waals surface area (Å²) < 4.78 is 1.42. The fourth-order valence-electron chi connectivity index (χ4n) is 1.54. The van der Waals surface area contributed by atoms with Gasteiger partial charge in [-0.25, -0.2) is 4.98 Å². The molecule has 2 heterocycles. The van der Waals surface area contributed by atoms with Gasteiger partial charge in [0, 0.05) is 5.69 Å². The van der Waals surface area contributed by atoms with Crippen LogP contribution in [0.4, 0.5) is 0 Å². The van der Waals surface area contributed by atoms with Crippen molar-refractivity contribution >= 4 is 5.97 Å². The molecule has 2 aromatic rings. The highest BCUT2D eigenvalue weighted by atomic mass is 16.4. The Morgan fingerprint density at radius 3 is 2.76 bits per heavy atom. The summed E-state index contributed by atoms with van der Waals surface area (Å²) in [4.78, 5) is 15.2. The molecule has 2 rings (SSSR count). The molecule has 17 heavy (non-hydrogen) atoms. The number of aromatic nitrogens is 5. The summed E-state index contributed by atoms with van der Waals surface area (Å²) in [7, 11) is 0. The van der Waals surface area contributed by atoms with Crippen molar-refractivity contribution in [3.63, 3.8) is 0 Å². The van der Waals surface area contributed by atoms with Gasteiger partial charge >= 0.3 is 5.97 Å². The molecule has 0 spiro atoms. The first kappa shape index (κ1) is 11.2. The minimum absolute atomic E-state index is 0.564. The topological polar surface area (TPSA) is 93.8 Å². The molecule has 1 atom stereocenters. The molecule has 0 bridgehead atoms. The minimum atomic E-state index is -0.870. The number of carbonyl (C=O) groups is 1. The molecule has 0 unspecified atom stereocenters. The summed E-state index contributed by atoms with van der Waals surface area (Å²) >= 11 is 0. The van der Waals surface area contributed by atoms with Crippen LogP contribution in [0.2, 0.25) is 0 Å². The zero-order valence-electron chi connectivity index (χ0n) is 9.40. The largest absolute Gasteiger partial charge is 0.481 e. The SMILES string of the molecule is Cc1nc(-n2cnnn2)ccc1[C@H](C)C(=O)O. The Morgan fingerprint density at radius 2 is 2.24 bits per heavy atom.